The van der Waals surface area contributed by atoms with Crippen molar-refractivity contribution in [2.45, 2.75) is 44.1 Å². The van der Waals surface area contributed by atoms with Gasteiger partial charge in [-0.1, -0.05) is 19.3 Å². The third-order valence-electron chi connectivity index (χ3n) is 3.51. The van der Waals surface area contributed by atoms with E-state index in [0.717, 1.165) is 35.9 Å². The number of hydrogen-bond donors (Lipinski definition) is 2. The van der Waals surface area contributed by atoms with Gasteiger partial charge in [0.1, 0.15) is 0 Å². The van der Waals surface area contributed by atoms with Gasteiger partial charge in [0.05, 0.1) is 21.3 Å². The molecule has 2 N–H and O–H groups in total. The number of hydrogen-bond acceptors (Lipinski definition) is 3. The Morgan fingerprint density at radius 1 is 1.37 bits per heavy atom. The second-order valence-electron chi connectivity index (χ2n) is 5.01. The van der Waals surface area contributed by atoms with Crippen molar-refractivity contribution in [3.05, 3.63) is 20.8 Å². The molecule has 0 atom stereocenters. The summed E-state index contributed by atoms with van der Waals surface area (Å²) in [6, 6.07) is 1.76. The van der Waals surface area contributed by atoms with E-state index < -0.39 is 11.5 Å². The fourth-order valence-electron chi connectivity index (χ4n) is 2.61. The van der Waals surface area contributed by atoms with E-state index in [0.29, 0.717) is 5.56 Å². The molecule has 104 valence electrons. The summed E-state index contributed by atoms with van der Waals surface area (Å²) in [5.41, 5.74) is 0.0162. The van der Waals surface area contributed by atoms with Crippen LogP contribution in [-0.2, 0) is 4.79 Å². The van der Waals surface area contributed by atoms with E-state index in [1.165, 1.54) is 11.3 Å². The second kappa shape index (κ2) is 6.05. The summed E-state index contributed by atoms with van der Waals surface area (Å²) in [6.07, 6.45) is 4.56. The van der Waals surface area contributed by atoms with Crippen LogP contribution in [-0.4, -0.2) is 22.5 Å². The van der Waals surface area contributed by atoms with Gasteiger partial charge < -0.3 is 10.4 Å². The molecule has 0 bridgehead atoms. The first kappa shape index (κ1) is 14.5. The first-order valence-corrected chi connectivity index (χ1v) is 7.96. The Hall–Kier alpha value is -0.880. The maximum atomic E-state index is 12.2. The Bertz CT molecular complexity index is 480. The standard InChI is InChI=1S/C13H16BrNO3S/c14-10-6-9(8-19-10)12(18)15-13(7-11(16)17)4-2-1-3-5-13/h6,8H,1-5,7H2,(H,15,18)(H,16,17). The molecule has 19 heavy (non-hydrogen) atoms. The molecule has 6 heteroatoms. The maximum Gasteiger partial charge on any atom is 0.305 e. The lowest BCUT2D eigenvalue weighted by Gasteiger charge is -2.36. The van der Waals surface area contributed by atoms with Crippen LogP contribution >= 0.6 is 27.3 Å². The lowest BCUT2D eigenvalue weighted by Crippen LogP contribution is -2.51. The maximum absolute atomic E-state index is 12.2. The van der Waals surface area contributed by atoms with Crippen molar-refractivity contribution in [3.63, 3.8) is 0 Å². The molecule has 1 heterocycles. The average Bonchev–Trinajstić information content (AvgIpc) is 2.76. The molecule has 1 aromatic rings. The van der Waals surface area contributed by atoms with Gasteiger partial charge in [0.15, 0.2) is 0 Å². The van der Waals surface area contributed by atoms with Crippen LogP contribution in [0.5, 0.6) is 0 Å². The molecule has 1 fully saturated rings. The van der Waals surface area contributed by atoms with Gasteiger partial charge in [0.2, 0.25) is 0 Å². The van der Waals surface area contributed by atoms with Gasteiger partial charge in [-0.25, -0.2) is 0 Å². The highest BCUT2D eigenvalue weighted by Gasteiger charge is 2.36. The van der Waals surface area contributed by atoms with Crippen LogP contribution in [0.1, 0.15) is 48.9 Å². The number of thiophene rings is 1. The van der Waals surface area contributed by atoms with Crippen LogP contribution in [0.15, 0.2) is 15.2 Å². The number of rotatable bonds is 4. The van der Waals surface area contributed by atoms with Crippen molar-refractivity contribution in [2.75, 3.05) is 0 Å². The normalized spacial score (nSPS) is 17.9. The van der Waals surface area contributed by atoms with Gasteiger partial charge in [-0.05, 0) is 34.8 Å². The zero-order chi connectivity index (χ0) is 13.9. The molecular weight excluding hydrogens is 330 g/mol. The summed E-state index contributed by atoms with van der Waals surface area (Å²) in [6.45, 7) is 0. The van der Waals surface area contributed by atoms with Crippen molar-refractivity contribution in [2.24, 2.45) is 0 Å². The number of carboxylic acid groups (broad SMARTS) is 1. The Morgan fingerprint density at radius 2 is 2.05 bits per heavy atom. The molecule has 0 radical (unpaired) electrons. The minimum atomic E-state index is -0.853. The van der Waals surface area contributed by atoms with E-state index in [2.05, 4.69) is 21.2 Å². The number of carbonyl (C=O) groups excluding carboxylic acids is 1. The fraction of sp³-hybridized carbons (Fsp3) is 0.538. The summed E-state index contributed by atoms with van der Waals surface area (Å²) >= 11 is 4.77. The first-order valence-electron chi connectivity index (χ1n) is 6.29. The van der Waals surface area contributed by atoms with Crippen molar-refractivity contribution in [1.82, 2.24) is 5.32 Å². The zero-order valence-electron chi connectivity index (χ0n) is 10.4. The molecule has 0 spiro atoms. The van der Waals surface area contributed by atoms with Crippen LogP contribution in [0.2, 0.25) is 0 Å². The third kappa shape index (κ3) is 3.79. The van der Waals surface area contributed by atoms with Crippen LogP contribution in [0.25, 0.3) is 0 Å². The topological polar surface area (TPSA) is 66.4 Å². The molecule has 1 amide bonds. The summed E-state index contributed by atoms with van der Waals surface area (Å²) in [4.78, 5) is 23.2. The van der Waals surface area contributed by atoms with Gasteiger partial charge >= 0.3 is 5.97 Å². The molecule has 2 rings (SSSR count). The predicted octanol–water partition coefficient (Wildman–Crippen LogP) is 3.42. The Labute approximate surface area is 124 Å². The van der Waals surface area contributed by atoms with E-state index in [1.54, 1.807) is 11.4 Å². The first-order chi connectivity index (χ1) is 9.01. The minimum Gasteiger partial charge on any atom is -0.481 e. The summed E-state index contributed by atoms with van der Waals surface area (Å²) in [5, 5.41) is 13.8. The molecule has 1 aromatic heterocycles. The van der Waals surface area contributed by atoms with E-state index >= 15 is 0 Å². The molecule has 0 aromatic carbocycles. The van der Waals surface area contributed by atoms with Crippen LogP contribution in [0.4, 0.5) is 0 Å². The molecule has 1 aliphatic rings. The van der Waals surface area contributed by atoms with E-state index in [1.807, 2.05) is 0 Å². The lowest BCUT2D eigenvalue weighted by molar-refractivity contribution is -0.139. The van der Waals surface area contributed by atoms with Gasteiger partial charge in [-0.2, -0.15) is 0 Å². The summed E-state index contributed by atoms with van der Waals surface area (Å²) in [5.74, 6) is -1.03. The highest BCUT2D eigenvalue weighted by molar-refractivity contribution is 9.11. The highest BCUT2D eigenvalue weighted by Crippen LogP contribution is 2.32. The average molecular weight is 346 g/mol. The number of nitrogens with one attached hydrogen (secondary N) is 1. The van der Waals surface area contributed by atoms with Crippen LogP contribution in [0, 0.1) is 0 Å². The van der Waals surface area contributed by atoms with Gasteiger partial charge in [0, 0.05) is 5.38 Å². The molecule has 0 saturated heterocycles. The van der Waals surface area contributed by atoms with Crippen molar-refractivity contribution in [1.29, 1.82) is 0 Å². The van der Waals surface area contributed by atoms with Crippen LogP contribution in [0.3, 0.4) is 0 Å². The molecule has 0 unspecified atom stereocenters. The number of carbonyl (C=O) groups is 2. The Morgan fingerprint density at radius 3 is 2.58 bits per heavy atom. The summed E-state index contributed by atoms with van der Waals surface area (Å²) < 4.78 is 0.897. The van der Waals surface area contributed by atoms with Gasteiger partial charge in [0.25, 0.3) is 5.91 Å². The summed E-state index contributed by atoms with van der Waals surface area (Å²) in [7, 11) is 0. The molecule has 0 aliphatic heterocycles. The van der Waals surface area contributed by atoms with Gasteiger partial charge in [-0.15, -0.1) is 11.3 Å². The van der Waals surface area contributed by atoms with Crippen molar-refractivity contribution >= 4 is 39.1 Å². The smallest absolute Gasteiger partial charge is 0.305 e. The lowest BCUT2D eigenvalue weighted by atomic mass is 9.79. The SMILES string of the molecule is O=C(O)CC1(NC(=O)c2csc(Br)c2)CCCCC1. The molecule has 1 aliphatic carbocycles. The molecular formula is C13H16BrNO3S. The quantitative estimate of drug-likeness (QED) is 0.878. The number of carboxylic acids is 1. The molecule has 1 saturated carbocycles. The monoisotopic (exact) mass is 345 g/mol. The van der Waals surface area contributed by atoms with E-state index in [9.17, 15) is 9.59 Å². The van der Waals surface area contributed by atoms with Gasteiger partial charge in [-0.3, -0.25) is 9.59 Å². The Balaban J connectivity index is 2.11. The number of aliphatic carboxylic acids is 1. The molecule has 4 nitrogen and oxygen atoms in total. The second-order valence-corrected chi connectivity index (χ2v) is 7.30. The highest BCUT2D eigenvalue weighted by atomic mass is 79.9. The van der Waals surface area contributed by atoms with Crippen molar-refractivity contribution in [3.8, 4) is 0 Å². The van der Waals surface area contributed by atoms with E-state index in [4.69, 9.17) is 5.11 Å². The fourth-order valence-corrected chi connectivity index (χ4v) is 3.74. The van der Waals surface area contributed by atoms with Crippen molar-refractivity contribution < 1.29 is 14.7 Å². The minimum absolute atomic E-state index is 0.00401. The van der Waals surface area contributed by atoms with E-state index in [-0.39, 0.29) is 12.3 Å². The number of halogens is 1. The third-order valence-corrected chi connectivity index (χ3v) is 5.01. The zero-order valence-corrected chi connectivity index (χ0v) is 12.8. The Kier molecular flexibility index (Phi) is 4.62. The largest absolute Gasteiger partial charge is 0.481 e. The predicted molar refractivity (Wildman–Crippen MR) is 77.6 cm³/mol. The number of amides is 1. The van der Waals surface area contributed by atoms with Crippen LogP contribution < -0.4 is 5.32 Å².